The third kappa shape index (κ3) is 4.41. The summed E-state index contributed by atoms with van der Waals surface area (Å²) in [5.41, 5.74) is 3.05. The third-order valence-corrected chi connectivity index (χ3v) is 6.77. The van der Waals surface area contributed by atoms with Crippen molar-refractivity contribution < 1.29 is 32.5 Å². The van der Waals surface area contributed by atoms with E-state index < -0.39 is 17.7 Å². The Balaban J connectivity index is 1.64. The van der Waals surface area contributed by atoms with E-state index in [0.29, 0.717) is 22.7 Å². The number of hydrogen-bond acceptors (Lipinski definition) is 7. The first-order valence-corrected chi connectivity index (χ1v) is 12.2. The van der Waals surface area contributed by atoms with Crippen LogP contribution in [0.4, 0.5) is 8.78 Å². The summed E-state index contributed by atoms with van der Waals surface area (Å²) in [5, 5.41) is 7.86. The van der Waals surface area contributed by atoms with E-state index in [9.17, 15) is 13.6 Å². The quantitative estimate of drug-likeness (QED) is 0.407. The minimum atomic E-state index is -3.71. The van der Waals surface area contributed by atoms with Gasteiger partial charge in [0.15, 0.2) is 23.5 Å². The summed E-state index contributed by atoms with van der Waals surface area (Å²) in [6.07, 6.45) is -4.10. The first-order valence-electron chi connectivity index (χ1n) is 11.4. The molecular weight excluding hydrogens is 552 g/mol. The molecule has 1 N–H and O–H groups in total. The number of ether oxygens (including phenoxy) is 4. The fourth-order valence-corrected chi connectivity index (χ4v) is 4.72. The number of halogens is 3. The lowest BCUT2D eigenvalue weighted by Crippen LogP contribution is -2.30. The predicted octanol–water partition coefficient (Wildman–Crippen LogP) is 5.41. The van der Waals surface area contributed by atoms with Crippen LogP contribution in [-0.2, 0) is 26.7 Å². The summed E-state index contributed by atoms with van der Waals surface area (Å²) in [4.78, 5) is 12.4. The molecule has 1 unspecified atom stereocenters. The molecule has 1 atom stereocenters. The second-order valence-electron chi connectivity index (χ2n) is 9.28. The molecule has 0 saturated carbocycles. The Morgan fingerprint density at radius 3 is 2.59 bits per heavy atom. The van der Waals surface area contributed by atoms with Gasteiger partial charge in [-0.3, -0.25) is 9.48 Å². The first kappa shape index (κ1) is 25.1. The van der Waals surface area contributed by atoms with E-state index in [1.54, 1.807) is 31.6 Å². The first-order chi connectivity index (χ1) is 17.4. The van der Waals surface area contributed by atoms with Gasteiger partial charge in [0.2, 0.25) is 0 Å². The Hall–Kier alpha value is -3.60. The van der Waals surface area contributed by atoms with Crippen LogP contribution >= 0.6 is 15.9 Å². The summed E-state index contributed by atoms with van der Waals surface area (Å²) in [7, 11) is 3.14. The van der Waals surface area contributed by atoms with Crippen molar-refractivity contribution in [1.29, 1.82) is 0 Å². The minimum absolute atomic E-state index is 0.0401. The maximum absolute atomic E-state index is 13.6. The molecule has 0 bridgehead atoms. The number of carbonyl (C=O) groups is 1. The van der Waals surface area contributed by atoms with Gasteiger partial charge in [-0.1, -0.05) is 22.0 Å². The van der Waals surface area contributed by atoms with Gasteiger partial charge in [-0.15, -0.1) is 8.78 Å². The fraction of sp³-hybridized carbons (Fsp3) is 0.308. The number of alkyl halides is 2. The molecule has 0 aliphatic carbocycles. The third-order valence-electron chi connectivity index (χ3n) is 6.28. The molecule has 8 nitrogen and oxygen atoms in total. The standard InChI is InChI=1S/C26H24BrF2N3O5/c1-13-30-22(14-6-9-19-20(10-14)37-26(28,29)36-19)23(35-13)17-11-15(27)7-8-16(17)18-12-21(31-32(18)4)25(2,3)24(33)34-5/h6-13,30H,1-5H3. The van der Waals surface area contributed by atoms with Crippen molar-refractivity contribution in [2.75, 3.05) is 7.11 Å². The molecule has 2 aliphatic heterocycles. The number of hydrogen-bond donors (Lipinski definition) is 1. The van der Waals surface area contributed by atoms with Gasteiger partial charge in [-0.25, -0.2) is 0 Å². The van der Waals surface area contributed by atoms with Gasteiger partial charge in [-0.05, 0) is 57.2 Å². The highest BCUT2D eigenvalue weighted by Crippen LogP contribution is 2.44. The number of nitrogens with one attached hydrogen (secondary N) is 1. The topological polar surface area (TPSA) is 83.8 Å². The van der Waals surface area contributed by atoms with Crippen LogP contribution in [0.5, 0.6) is 11.5 Å². The molecule has 3 heterocycles. The Bertz CT molecular complexity index is 1450. The second kappa shape index (κ2) is 8.76. The van der Waals surface area contributed by atoms with E-state index in [1.807, 2.05) is 31.2 Å². The average Bonchev–Trinajstić information content (AvgIpc) is 3.51. The molecule has 0 fully saturated rings. The maximum Gasteiger partial charge on any atom is 0.586 e. The van der Waals surface area contributed by atoms with E-state index in [2.05, 4.69) is 35.8 Å². The molecule has 5 rings (SSSR count). The van der Waals surface area contributed by atoms with Crippen LogP contribution in [-0.4, -0.2) is 35.4 Å². The number of carbonyl (C=O) groups excluding carboxylic acids is 1. The molecule has 37 heavy (non-hydrogen) atoms. The zero-order valence-corrected chi connectivity index (χ0v) is 22.3. The van der Waals surface area contributed by atoms with Crippen molar-refractivity contribution in [2.24, 2.45) is 7.05 Å². The number of aryl methyl sites for hydroxylation is 1. The van der Waals surface area contributed by atoms with Crippen molar-refractivity contribution in [3.8, 4) is 22.8 Å². The number of aromatic nitrogens is 2. The Kier molecular flexibility index (Phi) is 5.93. The number of rotatable bonds is 5. The smallest absolute Gasteiger partial charge is 0.468 e. The van der Waals surface area contributed by atoms with Crippen LogP contribution in [0.2, 0.25) is 0 Å². The summed E-state index contributed by atoms with van der Waals surface area (Å²) >= 11 is 3.54. The molecule has 11 heteroatoms. The highest BCUT2D eigenvalue weighted by molar-refractivity contribution is 9.10. The molecule has 2 aliphatic rings. The number of fused-ring (bicyclic) bond motifs is 1. The highest BCUT2D eigenvalue weighted by atomic mass is 79.9. The fourth-order valence-electron chi connectivity index (χ4n) is 4.36. The summed E-state index contributed by atoms with van der Waals surface area (Å²) in [6.45, 7) is 5.35. The molecule has 2 aromatic carbocycles. The van der Waals surface area contributed by atoms with Crippen molar-refractivity contribution >= 4 is 33.4 Å². The zero-order chi connectivity index (χ0) is 26.7. The van der Waals surface area contributed by atoms with E-state index in [0.717, 1.165) is 21.3 Å². The number of benzene rings is 2. The van der Waals surface area contributed by atoms with Crippen LogP contribution in [0.25, 0.3) is 22.7 Å². The van der Waals surface area contributed by atoms with Crippen LogP contribution < -0.4 is 14.8 Å². The molecule has 194 valence electrons. The number of nitrogens with zero attached hydrogens (tertiary/aromatic N) is 2. The molecular formula is C26H24BrF2N3O5. The summed E-state index contributed by atoms with van der Waals surface area (Å²) < 4.78 is 50.0. The van der Waals surface area contributed by atoms with E-state index >= 15 is 0 Å². The SMILES string of the molecule is COC(=O)C(C)(C)c1cc(-c2ccc(Br)cc2C2=C(c3ccc4c(c3)OC(F)(F)O4)NC(C)O2)n(C)n1. The van der Waals surface area contributed by atoms with Crippen molar-refractivity contribution in [2.45, 2.75) is 38.7 Å². The van der Waals surface area contributed by atoms with E-state index in [1.165, 1.54) is 19.2 Å². The van der Waals surface area contributed by atoms with Gasteiger partial charge in [-0.2, -0.15) is 5.10 Å². The van der Waals surface area contributed by atoms with Crippen LogP contribution in [0.15, 0.2) is 46.9 Å². The molecule has 1 aromatic heterocycles. The lowest BCUT2D eigenvalue weighted by atomic mass is 9.89. The Morgan fingerprint density at radius 1 is 1.14 bits per heavy atom. The van der Waals surface area contributed by atoms with Gasteiger partial charge in [0.1, 0.15) is 5.41 Å². The van der Waals surface area contributed by atoms with Crippen LogP contribution in [0, 0.1) is 0 Å². The van der Waals surface area contributed by atoms with E-state index in [4.69, 9.17) is 9.47 Å². The lowest BCUT2D eigenvalue weighted by molar-refractivity contribution is -0.286. The Labute approximate surface area is 220 Å². The van der Waals surface area contributed by atoms with Gasteiger partial charge in [0.25, 0.3) is 0 Å². The minimum Gasteiger partial charge on any atom is -0.468 e. The Morgan fingerprint density at radius 2 is 1.86 bits per heavy atom. The lowest BCUT2D eigenvalue weighted by Gasteiger charge is -2.18. The average molecular weight is 576 g/mol. The zero-order valence-electron chi connectivity index (χ0n) is 20.7. The second-order valence-corrected chi connectivity index (χ2v) is 10.2. The van der Waals surface area contributed by atoms with Gasteiger partial charge in [0.05, 0.1) is 24.2 Å². The van der Waals surface area contributed by atoms with Crippen molar-refractivity contribution in [3.63, 3.8) is 0 Å². The maximum atomic E-state index is 13.6. The van der Waals surface area contributed by atoms with Gasteiger partial charge in [0, 0.05) is 28.2 Å². The molecule has 0 amide bonds. The normalized spacial score (nSPS) is 18.0. The molecule has 3 aromatic rings. The molecule has 0 radical (unpaired) electrons. The van der Waals surface area contributed by atoms with Crippen LogP contribution in [0.3, 0.4) is 0 Å². The number of methoxy groups -OCH3 is 1. The van der Waals surface area contributed by atoms with Crippen molar-refractivity contribution in [1.82, 2.24) is 15.1 Å². The van der Waals surface area contributed by atoms with Gasteiger partial charge < -0.3 is 24.3 Å². The monoisotopic (exact) mass is 575 g/mol. The summed E-state index contributed by atoms with van der Waals surface area (Å²) in [6, 6.07) is 12.1. The van der Waals surface area contributed by atoms with Crippen molar-refractivity contribution in [3.05, 3.63) is 63.8 Å². The summed E-state index contributed by atoms with van der Waals surface area (Å²) in [5.74, 6) is 0.0150. The molecule has 0 saturated heterocycles. The largest absolute Gasteiger partial charge is 0.586 e. The van der Waals surface area contributed by atoms with Gasteiger partial charge >= 0.3 is 12.3 Å². The number of esters is 1. The van der Waals surface area contributed by atoms with E-state index in [-0.39, 0.29) is 17.7 Å². The predicted molar refractivity (Wildman–Crippen MR) is 135 cm³/mol. The molecule has 0 spiro atoms. The van der Waals surface area contributed by atoms with Crippen LogP contribution in [0.1, 0.15) is 37.6 Å². The highest BCUT2D eigenvalue weighted by Gasteiger charge is 2.44.